The number of unbranched alkanes of at least 4 members (excludes halogenated alkanes) is 31. The van der Waals surface area contributed by atoms with E-state index >= 15 is 0 Å². The van der Waals surface area contributed by atoms with Crippen molar-refractivity contribution in [3.8, 4) is 0 Å². The van der Waals surface area contributed by atoms with Crippen LogP contribution in [-0.2, 0) is 19.5 Å². The largest absolute Gasteiger partial charge is 0.256 e. The van der Waals surface area contributed by atoms with Crippen molar-refractivity contribution in [2.75, 3.05) is 0 Å². The highest BCUT2D eigenvalue weighted by molar-refractivity contribution is 4.84. The van der Waals surface area contributed by atoms with E-state index in [0.717, 1.165) is 0 Å². The summed E-state index contributed by atoms with van der Waals surface area (Å²) in [7, 11) is 0. The number of aromatic nitrogens is 2. The summed E-state index contributed by atoms with van der Waals surface area (Å²) < 4.78 is 5.28. The molecule has 45 heavy (non-hydrogen) atoms. The minimum atomic E-state index is 1.23. The zero-order valence-corrected chi connectivity index (χ0v) is 31.7. The topological polar surface area (TPSA) is 8.81 Å². The molecule has 266 valence electrons. The van der Waals surface area contributed by atoms with Crippen LogP contribution in [0.25, 0.3) is 0 Å². The van der Waals surface area contributed by atoms with Gasteiger partial charge in [0.25, 0.3) is 5.82 Å². The summed E-state index contributed by atoms with van der Waals surface area (Å²) in [5.74, 6) is 1.62. The fourth-order valence-electron chi connectivity index (χ4n) is 7.21. The Hall–Kier alpha value is -0.790. The van der Waals surface area contributed by atoms with Crippen LogP contribution in [-0.4, -0.2) is 4.57 Å². The van der Waals surface area contributed by atoms with Gasteiger partial charge in [0.15, 0.2) is 0 Å². The maximum absolute atomic E-state index is 2.64. The van der Waals surface area contributed by atoms with Crippen molar-refractivity contribution in [3.05, 3.63) is 18.2 Å². The van der Waals surface area contributed by atoms with E-state index in [0.29, 0.717) is 0 Å². The summed E-state index contributed by atoms with van der Waals surface area (Å²) in [6.07, 6.45) is 54.9. The average Bonchev–Trinajstić information content (AvgIpc) is 3.43. The fourth-order valence-corrected chi connectivity index (χ4v) is 7.21. The molecule has 0 aliphatic carbocycles. The fraction of sp³-hybridized carbons (Fsp3) is 0.930. The van der Waals surface area contributed by atoms with Gasteiger partial charge in [-0.05, 0) is 32.1 Å². The zero-order chi connectivity index (χ0) is 32.3. The Balaban J connectivity index is 2.26. The first-order valence-electron chi connectivity index (χ1n) is 21.4. The van der Waals surface area contributed by atoms with E-state index in [1.165, 1.54) is 238 Å². The Morgan fingerprint density at radius 2 is 0.689 bits per heavy atom. The van der Waals surface area contributed by atoms with Gasteiger partial charge >= 0.3 is 0 Å². The van der Waals surface area contributed by atoms with Crippen LogP contribution in [0.1, 0.15) is 245 Å². The lowest BCUT2D eigenvalue weighted by molar-refractivity contribution is -0.704. The first kappa shape index (κ1) is 42.2. The second kappa shape index (κ2) is 34.5. The lowest BCUT2D eigenvalue weighted by Gasteiger charge is -2.07. The van der Waals surface area contributed by atoms with Crippen LogP contribution in [0.3, 0.4) is 0 Å². The maximum Gasteiger partial charge on any atom is 0.256 e. The number of hydrogen-bond acceptors (Lipinski definition) is 0. The predicted molar refractivity (Wildman–Crippen MR) is 202 cm³/mol. The molecule has 2 heteroatoms. The molecule has 0 aromatic carbocycles. The van der Waals surface area contributed by atoms with Gasteiger partial charge in [-0.2, -0.15) is 0 Å². The molecule has 0 saturated carbocycles. The molecule has 1 rings (SSSR count). The van der Waals surface area contributed by atoms with Gasteiger partial charge in [-0.1, -0.05) is 207 Å². The lowest BCUT2D eigenvalue weighted by atomic mass is 10.0. The summed E-state index contributed by atoms with van der Waals surface area (Å²) in [6.45, 7) is 9.41. The van der Waals surface area contributed by atoms with Crippen molar-refractivity contribution >= 4 is 0 Å². The number of aryl methyl sites for hydroxylation is 2. The van der Waals surface area contributed by atoms with Gasteiger partial charge < -0.3 is 0 Å². The third-order valence-corrected chi connectivity index (χ3v) is 10.3. The first-order chi connectivity index (χ1) is 22.3. The normalized spacial score (nSPS) is 11.6. The summed E-state index contributed by atoms with van der Waals surface area (Å²) in [4.78, 5) is 0. The summed E-state index contributed by atoms with van der Waals surface area (Å²) in [6, 6.07) is 0. The first-order valence-corrected chi connectivity index (χ1v) is 21.4. The highest BCUT2D eigenvalue weighted by Crippen LogP contribution is 2.16. The molecule has 0 saturated heterocycles. The van der Waals surface area contributed by atoms with Gasteiger partial charge in [0.2, 0.25) is 0 Å². The van der Waals surface area contributed by atoms with Crippen molar-refractivity contribution in [1.82, 2.24) is 4.57 Å². The maximum atomic E-state index is 2.64. The zero-order valence-electron chi connectivity index (χ0n) is 31.7. The van der Waals surface area contributed by atoms with Gasteiger partial charge in [0, 0.05) is 6.42 Å². The molecule has 0 spiro atoms. The van der Waals surface area contributed by atoms with Crippen LogP contribution >= 0.6 is 0 Å². The third kappa shape index (κ3) is 26.9. The molecule has 0 amide bonds. The molecule has 0 N–H and O–H groups in total. The summed E-state index contributed by atoms with van der Waals surface area (Å²) in [5.41, 5.74) is 0. The number of nitrogens with zero attached hydrogens (tertiary/aromatic N) is 2. The minimum Gasteiger partial charge on any atom is -0.234 e. The molecular formula is C43H85N2+. The number of rotatable bonds is 37. The second-order valence-electron chi connectivity index (χ2n) is 14.8. The van der Waals surface area contributed by atoms with Crippen LogP contribution < -0.4 is 4.57 Å². The minimum absolute atomic E-state index is 1.23. The van der Waals surface area contributed by atoms with Crippen LogP contribution in [0.5, 0.6) is 0 Å². The van der Waals surface area contributed by atoms with Gasteiger partial charge in [0.05, 0.1) is 13.1 Å². The Morgan fingerprint density at radius 1 is 0.378 bits per heavy atom. The Labute approximate surface area is 285 Å². The van der Waals surface area contributed by atoms with E-state index in [2.05, 4.69) is 42.3 Å². The van der Waals surface area contributed by atoms with Gasteiger partial charge in [0.1, 0.15) is 12.4 Å². The van der Waals surface area contributed by atoms with E-state index in [1.54, 1.807) is 5.82 Å². The average molecular weight is 630 g/mol. The lowest BCUT2D eigenvalue weighted by Crippen LogP contribution is -2.37. The predicted octanol–water partition coefficient (Wildman–Crippen LogP) is 14.6. The highest BCUT2D eigenvalue weighted by Gasteiger charge is 2.16. The SMILES string of the molecule is CCCCCCCCCCCCCCCn1cc[n+](CCCCCCCCCCCCCCC)c1CCCCCCCCCC. The monoisotopic (exact) mass is 630 g/mol. The Kier molecular flexibility index (Phi) is 32.4. The van der Waals surface area contributed by atoms with Crippen molar-refractivity contribution in [2.45, 2.75) is 259 Å². The molecule has 0 aliphatic heterocycles. The van der Waals surface area contributed by atoms with Crippen molar-refractivity contribution in [1.29, 1.82) is 0 Å². The highest BCUT2D eigenvalue weighted by atomic mass is 15.1. The molecule has 2 nitrogen and oxygen atoms in total. The smallest absolute Gasteiger partial charge is 0.234 e. The molecule has 1 aromatic heterocycles. The number of imidazole rings is 1. The van der Waals surface area contributed by atoms with E-state index in [4.69, 9.17) is 0 Å². The van der Waals surface area contributed by atoms with E-state index in [-0.39, 0.29) is 0 Å². The van der Waals surface area contributed by atoms with E-state index < -0.39 is 0 Å². The van der Waals surface area contributed by atoms with Crippen molar-refractivity contribution in [2.24, 2.45) is 0 Å². The third-order valence-electron chi connectivity index (χ3n) is 10.3. The molecule has 0 bridgehead atoms. The molecule has 0 radical (unpaired) electrons. The van der Waals surface area contributed by atoms with Gasteiger partial charge in [-0.3, -0.25) is 0 Å². The molecule has 0 fully saturated rings. The molecular weight excluding hydrogens is 544 g/mol. The second-order valence-corrected chi connectivity index (χ2v) is 14.8. The molecule has 0 aliphatic rings. The van der Waals surface area contributed by atoms with E-state index in [1.807, 2.05) is 0 Å². The Bertz CT molecular complexity index is 645. The summed E-state index contributed by atoms with van der Waals surface area (Å²) >= 11 is 0. The van der Waals surface area contributed by atoms with Crippen LogP contribution in [0.15, 0.2) is 12.4 Å². The molecule has 0 unspecified atom stereocenters. The van der Waals surface area contributed by atoms with E-state index in [9.17, 15) is 0 Å². The molecule has 0 atom stereocenters. The molecule has 1 heterocycles. The van der Waals surface area contributed by atoms with Gasteiger partial charge in [-0.25, -0.2) is 9.13 Å². The van der Waals surface area contributed by atoms with Gasteiger partial charge in [-0.15, -0.1) is 0 Å². The number of hydrogen-bond donors (Lipinski definition) is 0. The standard InChI is InChI=1S/C43H85N2/c1-4-7-10-13-16-19-21-23-25-27-30-33-36-39-44-41-42-45(43(44)38-35-32-29-18-15-12-9-6-3)40-37-34-31-28-26-24-22-20-17-14-11-8-5-2/h41-42H,4-40H2,1-3H3/q+1. The quantitative estimate of drug-likeness (QED) is 0.0511. The Morgan fingerprint density at radius 3 is 1.07 bits per heavy atom. The van der Waals surface area contributed by atoms with Crippen molar-refractivity contribution < 1.29 is 4.57 Å². The molecule has 1 aromatic rings. The van der Waals surface area contributed by atoms with Crippen LogP contribution in [0.2, 0.25) is 0 Å². The summed E-state index contributed by atoms with van der Waals surface area (Å²) in [5, 5.41) is 0. The van der Waals surface area contributed by atoms with Crippen LogP contribution in [0.4, 0.5) is 0 Å². The van der Waals surface area contributed by atoms with Crippen molar-refractivity contribution in [3.63, 3.8) is 0 Å². The van der Waals surface area contributed by atoms with Crippen LogP contribution in [0, 0.1) is 0 Å².